The van der Waals surface area contributed by atoms with Gasteiger partial charge in [-0.25, -0.2) is 9.13 Å². The number of rotatable bonds is 10. The highest BCUT2D eigenvalue weighted by molar-refractivity contribution is 4.79. The molecule has 0 aliphatic heterocycles. The van der Waals surface area contributed by atoms with Crippen molar-refractivity contribution in [1.29, 1.82) is 0 Å². The van der Waals surface area contributed by atoms with Crippen molar-refractivity contribution in [3.05, 3.63) is 18.2 Å². The molecule has 104 valence electrons. The molecule has 0 aromatic carbocycles. The van der Waals surface area contributed by atoms with Crippen LogP contribution in [0.1, 0.15) is 71.0 Å². The third-order valence-electron chi connectivity index (χ3n) is 3.76. The minimum Gasteiger partial charge on any atom is -0.234 e. The molecule has 0 unspecified atom stereocenters. The molecular formula is C16H31N2+. The molecule has 1 aromatic rings. The van der Waals surface area contributed by atoms with Crippen LogP contribution >= 0.6 is 0 Å². The van der Waals surface area contributed by atoms with E-state index in [9.17, 15) is 0 Å². The molecule has 0 fully saturated rings. The fourth-order valence-corrected chi connectivity index (χ4v) is 2.41. The lowest BCUT2D eigenvalue weighted by Gasteiger charge is -2.01. The Kier molecular flexibility index (Phi) is 7.79. The number of nitrogens with zero attached hydrogens (tertiary/aromatic N) is 2. The van der Waals surface area contributed by atoms with Gasteiger partial charge in [0.25, 0.3) is 5.82 Å². The Balaban J connectivity index is 2.23. The van der Waals surface area contributed by atoms with Crippen LogP contribution in [-0.2, 0) is 13.1 Å². The SMILES string of the molecule is CCCCCCCC[n+]1ccn(CCCC)c1C. The van der Waals surface area contributed by atoms with Crippen LogP contribution in [0.25, 0.3) is 0 Å². The van der Waals surface area contributed by atoms with Gasteiger partial charge in [-0.05, 0) is 19.3 Å². The van der Waals surface area contributed by atoms with Crippen LogP contribution in [0.5, 0.6) is 0 Å². The van der Waals surface area contributed by atoms with E-state index in [0.717, 1.165) is 0 Å². The van der Waals surface area contributed by atoms with Crippen molar-refractivity contribution in [2.75, 3.05) is 0 Å². The van der Waals surface area contributed by atoms with Gasteiger partial charge in [-0.1, -0.05) is 46.0 Å². The lowest BCUT2D eigenvalue weighted by Crippen LogP contribution is -2.35. The molecule has 0 aliphatic rings. The number of aromatic nitrogens is 2. The predicted octanol–water partition coefficient (Wildman–Crippen LogP) is 4.24. The summed E-state index contributed by atoms with van der Waals surface area (Å²) in [4.78, 5) is 0. The minimum atomic E-state index is 1.17. The Morgan fingerprint density at radius 1 is 0.944 bits per heavy atom. The molecule has 2 nitrogen and oxygen atoms in total. The standard InChI is InChI=1S/C16H31N2/c1-4-6-8-9-10-11-13-18-15-14-17(16(18)3)12-7-5-2/h14-15H,4-13H2,1-3H3/q+1. The Morgan fingerprint density at radius 2 is 1.61 bits per heavy atom. The van der Waals surface area contributed by atoms with E-state index in [0.29, 0.717) is 0 Å². The zero-order valence-corrected chi connectivity index (χ0v) is 12.6. The van der Waals surface area contributed by atoms with Gasteiger partial charge in [0.05, 0.1) is 13.1 Å². The first-order chi connectivity index (χ1) is 8.79. The Labute approximate surface area is 113 Å². The summed E-state index contributed by atoms with van der Waals surface area (Å²) in [5.74, 6) is 1.41. The predicted molar refractivity (Wildman–Crippen MR) is 77.6 cm³/mol. The summed E-state index contributed by atoms with van der Waals surface area (Å²) in [7, 11) is 0. The second-order valence-corrected chi connectivity index (χ2v) is 5.35. The molecule has 1 heterocycles. The van der Waals surface area contributed by atoms with E-state index in [-0.39, 0.29) is 0 Å². The summed E-state index contributed by atoms with van der Waals surface area (Å²) >= 11 is 0. The molecule has 0 saturated carbocycles. The van der Waals surface area contributed by atoms with Gasteiger partial charge in [0.2, 0.25) is 0 Å². The third kappa shape index (κ3) is 5.24. The number of aryl methyl sites for hydroxylation is 2. The number of unbranched alkanes of at least 4 members (excludes halogenated alkanes) is 6. The lowest BCUT2D eigenvalue weighted by atomic mass is 10.1. The molecule has 18 heavy (non-hydrogen) atoms. The molecule has 0 spiro atoms. The summed E-state index contributed by atoms with van der Waals surface area (Å²) < 4.78 is 4.80. The molecule has 0 aliphatic carbocycles. The third-order valence-corrected chi connectivity index (χ3v) is 3.76. The summed E-state index contributed by atoms with van der Waals surface area (Å²) in [6.07, 6.45) is 15.3. The van der Waals surface area contributed by atoms with Crippen LogP contribution in [0.15, 0.2) is 12.4 Å². The van der Waals surface area contributed by atoms with Crippen molar-refractivity contribution < 1.29 is 4.57 Å². The maximum Gasteiger partial charge on any atom is 0.253 e. The van der Waals surface area contributed by atoms with Crippen molar-refractivity contribution in [2.24, 2.45) is 0 Å². The van der Waals surface area contributed by atoms with Crippen LogP contribution in [0.2, 0.25) is 0 Å². The van der Waals surface area contributed by atoms with Crippen LogP contribution in [0.4, 0.5) is 0 Å². The van der Waals surface area contributed by atoms with Crippen LogP contribution in [0, 0.1) is 6.92 Å². The Hall–Kier alpha value is -0.790. The average molecular weight is 251 g/mol. The maximum atomic E-state index is 2.41. The van der Waals surface area contributed by atoms with E-state index in [1.165, 1.54) is 70.3 Å². The zero-order valence-electron chi connectivity index (χ0n) is 12.6. The van der Waals surface area contributed by atoms with E-state index >= 15 is 0 Å². The van der Waals surface area contributed by atoms with E-state index in [1.54, 1.807) is 0 Å². The monoisotopic (exact) mass is 251 g/mol. The molecule has 0 N–H and O–H groups in total. The largest absolute Gasteiger partial charge is 0.253 e. The fourth-order valence-electron chi connectivity index (χ4n) is 2.41. The van der Waals surface area contributed by atoms with Gasteiger partial charge in [0.1, 0.15) is 12.4 Å². The first-order valence-electron chi connectivity index (χ1n) is 7.84. The van der Waals surface area contributed by atoms with E-state index in [2.05, 4.69) is 42.3 Å². The van der Waals surface area contributed by atoms with E-state index in [4.69, 9.17) is 0 Å². The molecule has 0 bridgehead atoms. The normalized spacial score (nSPS) is 11.1. The highest BCUT2D eigenvalue weighted by atomic mass is 15.1. The Bertz CT molecular complexity index is 315. The van der Waals surface area contributed by atoms with Crippen molar-refractivity contribution in [1.82, 2.24) is 4.57 Å². The number of hydrogen-bond donors (Lipinski definition) is 0. The molecule has 1 aromatic heterocycles. The van der Waals surface area contributed by atoms with Crippen LogP contribution < -0.4 is 4.57 Å². The van der Waals surface area contributed by atoms with Gasteiger partial charge in [-0.3, -0.25) is 0 Å². The quantitative estimate of drug-likeness (QED) is 0.434. The van der Waals surface area contributed by atoms with Gasteiger partial charge in [-0.2, -0.15) is 0 Å². The van der Waals surface area contributed by atoms with Crippen molar-refractivity contribution >= 4 is 0 Å². The maximum absolute atomic E-state index is 2.41. The first kappa shape index (κ1) is 15.3. The van der Waals surface area contributed by atoms with Gasteiger partial charge in [0, 0.05) is 6.92 Å². The van der Waals surface area contributed by atoms with Crippen molar-refractivity contribution in [3.63, 3.8) is 0 Å². The second kappa shape index (κ2) is 9.18. The van der Waals surface area contributed by atoms with Gasteiger partial charge >= 0.3 is 0 Å². The summed E-state index contributed by atoms with van der Waals surface area (Å²) in [6, 6.07) is 0. The van der Waals surface area contributed by atoms with Crippen molar-refractivity contribution in [3.8, 4) is 0 Å². The van der Waals surface area contributed by atoms with E-state index in [1.807, 2.05) is 0 Å². The highest BCUT2D eigenvalue weighted by Crippen LogP contribution is 2.05. The summed E-state index contributed by atoms with van der Waals surface area (Å²) in [5.41, 5.74) is 0. The molecule has 0 radical (unpaired) electrons. The molecular weight excluding hydrogens is 220 g/mol. The molecule has 0 amide bonds. The fraction of sp³-hybridized carbons (Fsp3) is 0.812. The molecule has 2 heteroatoms. The summed E-state index contributed by atoms with van der Waals surface area (Å²) in [6.45, 7) is 9.14. The molecule has 1 rings (SSSR count). The minimum absolute atomic E-state index is 1.17. The lowest BCUT2D eigenvalue weighted by molar-refractivity contribution is -0.702. The average Bonchev–Trinajstić information content (AvgIpc) is 2.72. The van der Waals surface area contributed by atoms with Gasteiger partial charge < -0.3 is 0 Å². The highest BCUT2D eigenvalue weighted by Gasteiger charge is 2.10. The molecule has 0 atom stereocenters. The second-order valence-electron chi connectivity index (χ2n) is 5.35. The molecule has 0 saturated heterocycles. The van der Waals surface area contributed by atoms with Crippen LogP contribution in [0.3, 0.4) is 0 Å². The summed E-state index contributed by atoms with van der Waals surface area (Å²) in [5, 5.41) is 0. The number of imidazole rings is 1. The topological polar surface area (TPSA) is 8.81 Å². The van der Waals surface area contributed by atoms with Gasteiger partial charge in [-0.15, -0.1) is 0 Å². The van der Waals surface area contributed by atoms with Gasteiger partial charge in [0.15, 0.2) is 0 Å². The smallest absolute Gasteiger partial charge is 0.234 e. The zero-order chi connectivity index (χ0) is 13.2. The Morgan fingerprint density at radius 3 is 2.33 bits per heavy atom. The number of hydrogen-bond acceptors (Lipinski definition) is 0. The van der Waals surface area contributed by atoms with Crippen LogP contribution in [-0.4, -0.2) is 4.57 Å². The first-order valence-corrected chi connectivity index (χ1v) is 7.84. The van der Waals surface area contributed by atoms with E-state index < -0.39 is 0 Å². The van der Waals surface area contributed by atoms with Crippen molar-refractivity contribution in [2.45, 2.75) is 85.2 Å².